The Bertz CT molecular complexity index is 1270. The molecule has 182 valence electrons. The van der Waals surface area contributed by atoms with Gasteiger partial charge in [0.15, 0.2) is 5.65 Å². The minimum atomic E-state index is -3.19. The molecule has 0 atom stereocenters. The molecule has 5 rings (SSSR count). The smallest absolute Gasteiger partial charge is 0.224 e. The van der Waals surface area contributed by atoms with Crippen LogP contribution in [0.1, 0.15) is 57.4 Å². The van der Waals surface area contributed by atoms with Gasteiger partial charge >= 0.3 is 0 Å². The van der Waals surface area contributed by atoms with Gasteiger partial charge in [-0.05, 0) is 50.7 Å². The van der Waals surface area contributed by atoms with Crippen molar-refractivity contribution < 1.29 is 12.8 Å². The van der Waals surface area contributed by atoms with Gasteiger partial charge in [0.2, 0.25) is 21.9 Å². The number of halogens is 1. The van der Waals surface area contributed by atoms with Crippen molar-refractivity contribution in [3.63, 3.8) is 0 Å². The van der Waals surface area contributed by atoms with Crippen molar-refractivity contribution in [2.45, 2.75) is 69.5 Å². The molecule has 2 fully saturated rings. The molecule has 0 bridgehead atoms. The zero-order valence-electron chi connectivity index (χ0n) is 19.2. The molecule has 2 saturated carbocycles. The van der Waals surface area contributed by atoms with Crippen molar-refractivity contribution in [2.75, 3.05) is 16.9 Å². The molecule has 11 heteroatoms. The molecule has 2 heterocycles. The van der Waals surface area contributed by atoms with E-state index in [9.17, 15) is 12.8 Å². The highest BCUT2D eigenvalue weighted by molar-refractivity contribution is 7.88. The predicted molar refractivity (Wildman–Crippen MR) is 130 cm³/mol. The standard InChI is InChI=1S/C23H30FN7O2S/c1-34(32,33)30-16-12-10-15(11-13-16)26-22-25-14-20-21(29-22)31(17-6-2-3-7-17)23(28-20)27-19-9-5-4-8-18(19)24/h4-5,8-9,14-17,30H,2-3,6-7,10-13H2,1H3,(H,27,28)(H,25,26,29)/t15-,16-. The third kappa shape index (κ3) is 5.15. The highest BCUT2D eigenvalue weighted by Crippen LogP contribution is 2.36. The highest BCUT2D eigenvalue weighted by atomic mass is 32.2. The van der Waals surface area contributed by atoms with E-state index in [1.54, 1.807) is 24.4 Å². The fraction of sp³-hybridized carbons (Fsp3) is 0.522. The van der Waals surface area contributed by atoms with Gasteiger partial charge in [-0.3, -0.25) is 4.57 Å². The van der Waals surface area contributed by atoms with Gasteiger partial charge in [-0.15, -0.1) is 0 Å². The van der Waals surface area contributed by atoms with Gasteiger partial charge < -0.3 is 10.6 Å². The van der Waals surface area contributed by atoms with Crippen molar-refractivity contribution in [1.82, 2.24) is 24.2 Å². The van der Waals surface area contributed by atoms with Crippen LogP contribution >= 0.6 is 0 Å². The molecule has 3 N–H and O–H groups in total. The van der Waals surface area contributed by atoms with Crippen LogP contribution in [0.5, 0.6) is 0 Å². The summed E-state index contributed by atoms with van der Waals surface area (Å²) in [5.74, 6) is 0.774. The number of imidazole rings is 1. The summed E-state index contributed by atoms with van der Waals surface area (Å²) in [6.07, 6.45) is 10.4. The van der Waals surface area contributed by atoms with Crippen molar-refractivity contribution in [3.8, 4) is 0 Å². The summed E-state index contributed by atoms with van der Waals surface area (Å²) in [6, 6.07) is 6.97. The molecule has 2 aliphatic rings. The van der Waals surface area contributed by atoms with Crippen molar-refractivity contribution in [2.24, 2.45) is 0 Å². The Morgan fingerprint density at radius 3 is 2.41 bits per heavy atom. The van der Waals surface area contributed by atoms with Crippen LogP contribution in [0.3, 0.4) is 0 Å². The summed E-state index contributed by atoms with van der Waals surface area (Å²) in [5, 5.41) is 6.59. The molecule has 0 radical (unpaired) electrons. The molecule has 0 aliphatic heterocycles. The SMILES string of the molecule is CS(=O)(=O)N[C@H]1CC[C@H](Nc2ncc3nc(Nc4ccccc4F)n(C4CCCC4)c3n2)CC1. The number of para-hydroxylation sites is 1. The third-order valence-electron chi connectivity index (χ3n) is 6.68. The van der Waals surface area contributed by atoms with Crippen LogP contribution in [-0.4, -0.2) is 46.3 Å². The summed E-state index contributed by atoms with van der Waals surface area (Å²) >= 11 is 0. The Morgan fingerprint density at radius 1 is 1.00 bits per heavy atom. The second-order valence-electron chi connectivity index (χ2n) is 9.33. The molecular formula is C23H30FN7O2S. The topological polar surface area (TPSA) is 114 Å². The van der Waals surface area contributed by atoms with Gasteiger partial charge in [-0.25, -0.2) is 27.5 Å². The molecule has 0 saturated heterocycles. The van der Waals surface area contributed by atoms with E-state index in [1.165, 1.54) is 12.3 Å². The lowest BCUT2D eigenvalue weighted by molar-refractivity contribution is 0.387. The molecule has 9 nitrogen and oxygen atoms in total. The molecule has 34 heavy (non-hydrogen) atoms. The molecule has 2 aliphatic carbocycles. The number of sulfonamides is 1. The first kappa shape index (κ1) is 23.0. The summed E-state index contributed by atoms with van der Waals surface area (Å²) in [5.41, 5.74) is 1.77. The number of hydrogen-bond donors (Lipinski definition) is 3. The van der Waals surface area contributed by atoms with E-state index in [2.05, 4.69) is 24.9 Å². The maximum atomic E-state index is 14.3. The van der Waals surface area contributed by atoms with E-state index in [0.29, 0.717) is 23.1 Å². The van der Waals surface area contributed by atoms with E-state index >= 15 is 0 Å². The average Bonchev–Trinajstić information content (AvgIpc) is 3.43. The molecular weight excluding hydrogens is 457 g/mol. The highest BCUT2D eigenvalue weighted by Gasteiger charge is 2.26. The van der Waals surface area contributed by atoms with Crippen LogP contribution in [0.15, 0.2) is 30.5 Å². The zero-order valence-corrected chi connectivity index (χ0v) is 20.0. The van der Waals surface area contributed by atoms with E-state index in [4.69, 9.17) is 9.97 Å². The van der Waals surface area contributed by atoms with Crippen molar-refractivity contribution >= 4 is 38.8 Å². The Kier molecular flexibility index (Phi) is 6.39. The average molecular weight is 488 g/mol. The molecule has 0 amide bonds. The fourth-order valence-corrected chi connectivity index (χ4v) is 5.92. The Morgan fingerprint density at radius 2 is 1.71 bits per heavy atom. The normalized spacial score (nSPS) is 21.7. The first-order valence-corrected chi connectivity index (χ1v) is 13.8. The Hall–Kier alpha value is -2.79. The van der Waals surface area contributed by atoms with Gasteiger partial charge in [0.1, 0.15) is 11.3 Å². The van der Waals surface area contributed by atoms with Gasteiger partial charge in [0.25, 0.3) is 0 Å². The van der Waals surface area contributed by atoms with Crippen molar-refractivity contribution in [3.05, 3.63) is 36.3 Å². The number of aromatic nitrogens is 4. The first-order valence-electron chi connectivity index (χ1n) is 11.9. The van der Waals surface area contributed by atoms with Gasteiger partial charge in [-0.1, -0.05) is 25.0 Å². The predicted octanol–water partition coefficient (Wildman–Crippen LogP) is 4.10. The number of anilines is 3. The monoisotopic (exact) mass is 487 g/mol. The summed E-state index contributed by atoms with van der Waals surface area (Å²) in [6.45, 7) is 0. The number of fused-ring (bicyclic) bond motifs is 1. The quantitative estimate of drug-likeness (QED) is 0.460. The number of nitrogens with one attached hydrogen (secondary N) is 3. The number of hydrogen-bond acceptors (Lipinski definition) is 7. The molecule has 3 aromatic rings. The second-order valence-corrected chi connectivity index (χ2v) is 11.1. The van der Waals surface area contributed by atoms with Gasteiger partial charge in [0, 0.05) is 18.1 Å². The number of nitrogens with zero attached hydrogens (tertiary/aromatic N) is 4. The Labute approximate surface area is 198 Å². The van der Waals surface area contributed by atoms with E-state index in [1.807, 2.05) is 0 Å². The largest absolute Gasteiger partial charge is 0.351 e. The summed E-state index contributed by atoms with van der Waals surface area (Å²) < 4.78 is 42.1. The van der Waals surface area contributed by atoms with Crippen LogP contribution in [-0.2, 0) is 10.0 Å². The minimum absolute atomic E-state index is 0.0211. The maximum Gasteiger partial charge on any atom is 0.224 e. The fourth-order valence-electron chi connectivity index (χ4n) is 5.08. The van der Waals surface area contributed by atoms with E-state index in [0.717, 1.165) is 57.0 Å². The lowest BCUT2D eigenvalue weighted by atomic mass is 9.92. The third-order valence-corrected chi connectivity index (χ3v) is 7.45. The number of rotatable bonds is 7. The van der Waals surface area contributed by atoms with Gasteiger partial charge in [0.05, 0.1) is 18.1 Å². The van der Waals surface area contributed by atoms with Crippen LogP contribution in [0.2, 0.25) is 0 Å². The van der Waals surface area contributed by atoms with Crippen LogP contribution in [0.25, 0.3) is 11.2 Å². The van der Waals surface area contributed by atoms with Crippen LogP contribution in [0.4, 0.5) is 22.0 Å². The lowest BCUT2D eigenvalue weighted by Crippen LogP contribution is -2.39. The van der Waals surface area contributed by atoms with Crippen LogP contribution < -0.4 is 15.4 Å². The van der Waals surface area contributed by atoms with Gasteiger partial charge in [-0.2, -0.15) is 4.98 Å². The van der Waals surface area contributed by atoms with Crippen LogP contribution in [0, 0.1) is 5.82 Å². The summed E-state index contributed by atoms with van der Waals surface area (Å²) in [4.78, 5) is 14.0. The molecule has 0 spiro atoms. The Balaban J connectivity index is 1.38. The van der Waals surface area contributed by atoms with E-state index < -0.39 is 10.0 Å². The first-order chi connectivity index (χ1) is 16.4. The zero-order chi connectivity index (χ0) is 23.7. The molecule has 1 aromatic carbocycles. The second kappa shape index (κ2) is 9.46. The van der Waals surface area contributed by atoms with Crippen molar-refractivity contribution in [1.29, 1.82) is 0 Å². The lowest BCUT2D eigenvalue weighted by Gasteiger charge is -2.29. The molecule has 2 aromatic heterocycles. The molecule has 0 unspecified atom stereocenters. The maximum absolute atomic E-state index is 14.3. The number of benzene rings is 1. The van der Waals surface area contributed by atoms with E-state index in [-0.39, 0.29) is 23.9 Å². The minimum Gasteiger partial charge on any atom is -0.351 e. The summed E-state index contributed by atoms with van der Waals surface area (Å²) in [7, 11) is -3.19.